The molecule has 0 bridgehead atoms. The van der Waals surface area contributed by atoms with E-state index >= 15 is 0 Å². The topological polar surface area (TPSA) is 39.9 Å². The number of pyridine rings is 1. The number of aromatic nitrogens is 1. The second-order valence-electron chi connectivity index (χ2n) is 4.95. The smallest absolute Gasteiger partial charge is 0.0991 e. The first-order valence-corrected chi connectivity index (χ1v) is 6.87. The predicted molar refractivity (Wildman–Crippen MR) is 82.9 cm³/mol. The van der Waals surface area contributed by atoms with E-state index in [1.807, 2.05) is 48.8 Å². The van der Waals surface area contributed by atoms with Gasteiger partial charge in [-0.1, -0.05) is 18.2 Å². The van der Waals surface area contributed by atoms with Crippen molar-refractivity contribution in [1.29, 1.82) is 5.26 Å². The van der Waals surface area contributed by atoms with Crippen LogP contribution in [0.15, 0.2) is 67.1 Å². The summed E-state index contributed by atoms with van der Waals surface area (Å²) in [5, 5.41) is 8.80. The van der Waals surface area contributed by atoms with E-state index in [2.05, 4.69) is 34.3 Å². The van der Waals surface area contributed by atoms with Crippen LogP contribution in [0.4, 0.5) is 0 Å². The van der Waals surface area contributed by atoms with Crippen LogP contribution in [-0.2, 0) is 6.54 Å². The lowest BCUT2D eigenvalue weighted by molar-refractivity contribution is 0.406. The Labute approximate surface area is 124 Å². The molecule has 1 aromatic heterocycles. The maximum atomic E-state index is 8.80. The molecule has 0 aliphatic carbocycles. The van der Waals surface area contributed by atoms with Gasteiger partial charge in [-0.3, -0.25) is 4.98 Å². The molecule has 0 spiro atoms. The molecule has 1 aliphatic rings. The number of allylic oxidation sites excluding steroid dienone is 2. The first-order valence-electron chi connectivity index (χ1n) is 6.87. The minimum Gasteiger partial charge on any atom is -0.369 e. The largest absolute Gasteiger partial charge is 0.369 e. The standard InChI is InChI=1S/C18H15N3/c19-13-15-1-3-16(4-2-15)14-21-11-7-18(8-12-21)17-5-9-20-10-6-17/h1-11H,12,14H2. The molecule has 0 unspecified atom stereocenters. The first-order chi connectivity index (χ1) is 10.3. The summed E-state index contributed by atoms with van der Waals surface area (Å²) < 4.78 is 0. The quantitative estimate of drug-likeness (QED) is 0.860. The fourth-order valence-electron chi connectivity index (χ4n) is 2.33. The van der Waals surface area contributed by atoms with Gasteiger partial charge in [0.25, 0.3) is 0 Å². The first kappa shape index (κ1) is 13.1. The maximum absolute atomic E-state index is 8.80. The summed E-state index contributed by atoms with van der Waals surface area (Å²) in [7, 11) is 0. The van der Waals surface area contributed by atoms with Gasteiger partial charge in [0.15, 0.2) is 0 Å². The van der Waals surface area contributed by atoms with Crippen molar-refractivity contribution < 1.29 is 0 Å². The molecule has 2 heterocycles. The van der Waals surface area contributed by atoms with Gasteiger partial charge < -0.3 is 4.90 Å². The van der Waals surface area contributed by atoms with Gasteiger partial charge in [-0.2, -0.15) is 5.26 Å². The maximum Gasteiger partial charge on any atom is 0.0991 e. The molecule has 0 N–H and O–H groups in total. The van der Waals surface area contributed by atoms with Crippen LogP contribution in [0.25, 0.3) is 5.57 Å². The summed E-state index contributed by atoms with van der Waals surface area (Å²) in [6.45, 7) is 1.73. The molecule has 0 atom stereocenters. The summed E-state index contributed by atoms with van der Waals surface area (Å²) in [5.74, 6) is 0. The molecular formula is C18H15N3. The Morgan fingerprint density at radius 3 is 2.48 bits per heavy atom. The number of hydrogen-bond acceptors (Lipinski definition) is 3. The van der Waals surface area contributed by atoms with Crippen LogP contribution in [0.2, 0.25) is 0 Å². The Balaban J connectivity index is 1.65. The third kappa shape index (κ3) is 3.18. The zero-order valence-corrected chi connectivity index (χ0v) is 11.6. The molecule has 0 saturated carbocycles. The molecule has 102 valence electrons. The van der Waals surface area contributed by atoms with Gasteiger partial charge in [0, 0.05) is 31.7 Å². The Morgan fingerprint density at radius 2 is 1.86 bits per heavy atom. The number of nitriles is 1. The molecule has 3 heteroatoms. The Morgan fingerprint density at radius 1 is 1.10 bits per heavy atom. The molecule has 1 aliphatic heterocycles. The van der Waals surface area contributed by atoms with Gasteiger partial charge in [-0.25, -0.2) is 0 Å². The zero-order chi connectivity index (χ0) is 14.5. The number of nitrogens with zero attached hydrogens (tertiary/aromatic N) is 3. The predicted octanol–water partition coefficient (Wildman–Crippen LogP) is 3.37. The monoisotopic (exact) mass is 273 g/mol. The summed E-state index contributed by atoms with van der Waals surface area (Å²) >= 11 is 0. The van der Waals surface area contributed by atoms with Gasteiger partial charge in [0.05, 0.1) is 11.6 Å². The van der Waals surface area contributed by atoms with E-state index in [0.29, 0.717) is 5.56 Å². The Bertz CT molecular complexity index is 706. The third-order valence-corrected chi connectivity index (χ3v) is 3.49. The highest BCUT2D eigenvalue weighted by Gasteiger charge is 2.07. The van der Waals surface area contributed by atoms with E-state index in [0.717, 1.165) is 13.1 Å². The molecule has 0 amide bonds. The van der Waals surface area contributed by atoms with Crippen molar-refractivity contribution in [2.45, 2.75) is 6.54 Å². The molecule has 1 aromatic carbocycles. The third-order valence-electron chi connectivity index (χ3n) is 3.49. The molecule has 3 rings (SSSR count). The summed E-state index contributed by atoms with van der Waals surface area (Å²) in [6, 6.07) is 13.9. The minimum absolute atomic E-state index is 0.702. The number of benzene rings is 1. The van der Waals surface area contributed by atoms with Crippen LogP contribution in [0, 0.1) is 11.3 Å². The van der Waals surface area contributed by atoms with Gasteiger partial charge in [-0.15, -0.1) is 0 Å². The van der Waals surface area contributed by atoms with Crippen molar-refractivity contribution in [2.24, 2.45) is 0 Å². The second-order valence-corrected chi connectivity index (χ2v) is 4.95. The lowest BCUT2D eigenvalue weighted by Gasteiger charge is -2.23. The van der Waals surface area contributed by atoms with Crippen molar-refractivity contribution in [3.8, 4) is 6.07 Å². The molecule has 21 heavy (non-hydrogen) atoms. The van der Waals surface area contributed by atoms with Crippen LogP contribution >= 0.6 is 0 Å². The van der Waals surface area contributed by atoms with Crippen LogP contribution in [0.3, 0.4) is 0 Å². The fraction of sp³-hybridized carbons (Fsp3) is 0.111. The van der Waals surface area contributed by atoms with Gasteiger partial charge in [-0.05, 0) is 47.0 Å². The van der Waals surface area contributed by atoms with Crippen molar-refractivity contribution in [3.05, 3.63) is 83.8 Å². The number of hydrogen-bond donors (Lipinski definition) is 0. The van der Waals surface area contributed by atoms with E-state index in [-0.39, 0.29) is 0 Å². The van der Waals surface area contributed by atoms with Crippen LogP contribution in [-0.4, -0.2) is 16.4 Å². The van der Waals surface area contributed by atoms with Crippen molar-refractivity contribution >= 4 is 5.57 Å². The highest BCUT2D eigenvalue weighted by Crippen LogP contribution is 2.19. The van der Waals surface area contributed by atoms with Crippen molar-refractivity contribution in [3.63, 3.8) is 0 Å². The lowest BCUT2D eigenvalue weighted by atomic mass is 10.0. The van der Waals surface area contributed by atoms with E-state index < -0.39 is 0 Å². The summed E-state index contributed by atoms with van der Waals surface area (Å²) in [5.41, 5.74) is 4.33. The van der Waals surface area contributed by atoms with Crippen LogP contribution in [0.1, 0.15) is 16.7 Å². The average molecular weight is 273 g/mol. The molecule has 3 nitrogen and oxygen atoms in total. The molecular weight excluding hydrogens is 258 g/mol. The highest BCUT2D eigenvalue weighted by molar-refractivity contribution is 5.74. The molecule has 0 radical (unpaired) electrons. The highest BCUT2D eigenvalue weighted by atomic mass is 15.1. The molecule has 2 aromatic rings. The zero-order valence-electron chi connectivity index (χ0n) is 11.6. The summed E-state index contributed by atoms with van der Waals surface area (Å²) in [4.78, 5) is 6.28. The SMILES string of the molecule is N#Cc1ccc(CN2C=CC(c3ccncc3)=CC2)cc1. The molecule has 0 fully saturated rings. The van der Waals surface area contributed by atoms with Crippen LogP contribution < -0.4 is 0 Å². The second kappa shape index (κ2) is 6.06. The van der Waals surface area contributed by atoms with Gasteiger partial charge in [0.2, 0.25) is 0 Å². The van der Waals surface area contributed by atoms with Crippen molar-refractivity contribution in [1.82, 2.24) is 9.88 Å². The minimum atomic E-state index is 0.702. The van der Waals surface area contributed by atoms with E-state index in [9.17, 15) is 0 Å². The van der Waals surface area contributed by atoms with Gasteiger partial charge in [0.1, 0.15) is 0 Å². The lowest BCUT2D eigenvalue weighted by Crippen LogP contribution is -2.19. The normalized spacial score (nSPS) is 13.7. The Hall–Kier alpha value is -2.86. The van der Waals surface area contributed by atoms with Crippen LogP contribution in [0.5, 0.6) is 0 Å². The van der Waals surface area contributed by atoms with E-state index in [1.165, 1.54) is 16.7 Å². The molecule has 0 saturated heterocycles. The van der Waals surface area contributed by atoms with E-state index in [4.69, 9.17) is 5.26 Å². The Kier molecular flexibility index (Phi) is 3.79. The van der Waals surface area contributed by atoms with E-state index in [1.54, 1.807) is 0 Å². The average Bonchev–Trinajstić information content (AvgIpc) is 2.57. The summed E-state index contributed by atoms with van der Waals surface area (Å²) in [6.07, 6.45) is 10.1. The van der Waals surface area contributed by atoms with Gasteiger partial charge >= 0.3 is 0 Å². The fourth-order valence-corrected chi connectivity index (χ4v) is 2.33. The van der Waals surface area contributed by atoms with Crippen molar-refractivity contribution in [2.75, 3.05) is 6.54 Å². The number of rotatable bonds is 3.